The predicted molar refractivity (Wildman–Crippen MR) is 74.7 cm³/mol. The molecular weight excluding hydrogens is 240 g/mol. The van der Waals surface area contributed by atoms with Gasteiger partial charge in [-0.2, -0.15) is 4.91 Å². The minimum absolute atomic E-state index is 0.152. The van der Waals surface area contributed by atoms with E-state index in [1.165, 1.54) is 11.1 Å². The minimum Gasteiger partial charge on any atom is -0.497 e. The third-order valence-electron chi connectivity index (χ3n) is 5.04. The number of likely N-dealkylation sites (N-methyl/N-ethyl adjacent to an activating group) is 1. The summed E-state index contributed by atoms with van der Waals surface area (Å²) in [6.07, 6.45) is 1.87. The Labute approximate surface area is 113 Å². The van der Waals surface area contributed by atoms with Gasteiger partial charge in [-0.05, 0) is 49.7 Å². The van der Waals surface area contributed by atoms with Crippen LogP contribution in [0.5, 0.6) is 5.75 Å². The average Bonchev–Trinajstić information content (AvgIpc) is 2.43. The second kappa shape index (κ2) is 4.30. The van der Waals surface area contributed by atoms with Crippen molar-refractivity contribution < 1.29 is 4.74 Å². The molecule has 1 saturated heterocycles. The number of ether oxygens (including phenoxy) is 1. The Bertz CT molecular complexity index is 517. The van der Waals surface area contributed by atoms with Gasteiger partial charge in [-0.3, -0.25) is 0 Å². The molecule has 1 aromatic carbocycles. The fraction of sp³-hybridized carbons (Fsp3) is 0.600. The van der Waals surface area contributed by atoms with Gasteiger partial charge in [-0.1, -0.05) is 18.2 Å². The van der Waals surface area contributed by atoms with Gasteiger partial charge in [0.05, 0.1) is 7.11 Å². The van der Waals surface area contributed by atoms with E-state index in [0.29, 0.717) is 0 Å². The first-order valence-electron chi connectivity index (χ1n) is 6.80. The molecule has 4 heteroatoms. The summed E-state index contributed by atoms with van der Waals surface area (Å²) < 4.78 is 5.33. The van der Waals surface area contributed by atoms with E-state index in [9.17, 15) is 4.91 Å². The lowest BCUT2D eigenvalue weighted by Gasteiger charge is -2.51. The van der Waals surface area contributed by atoms with Crippen molar-refractivity contribution in [2.75, 3.05) is 20.7 Å². The molecule has 1 aliphatic carbocycles. The molecule has 2 bridgehead atoms. The van der Waals surface area contributed by atoms with Crippen molar-refractivity contribution in [1.29, 1.82) is 0 Å². The number of hydrogen-bond donors (Lipinski definition) is 0. The van der Waals surface area contributed by atoms with Crippen LogP contribution in [0.2, 0.25) is 0 Å². The van der Waals surface area contributed by atoms with Gasteiger partial charge in [0.15, 0.2) is 0 Å². The van der Waals surface area contributed by atoms with Crippen molar-refractivity contribution in [3.8, 4) is 5.75 Å². The zero-order valence-electron chi connectivity index (χ0n) is 11.7. The third kappa shape index (κ3) is 1.70. The highest BCUT2D eigenvalue weighted by Crippen LogP contribution is 2.46. The highest BCUT2D eigenvalue weighted by molar-refractivity contribution is 5.45. The number of nitrogens with zero attached hydrogens (tertiary/aromatic N) is 2. The summed E-state index contributed by atoms with van der Waals surface area (Å²) in [5, 5.41) is 3.48. The Hall–Kier alpha value is -1.42. The molecular formula is C15H20N2O2. The van der Waals surface area contributed by atoms with Crippen LogP contribution in [-0.4, -0.2) is 37.7 Å². The molecule has 0 aromatic heterocycles. The van der Waals surface area contributed by atoms with E-state index in [2.05, 4.69) is 36.2 Å². The fourth-order valence-electron chi connectivity index (χ4n) is 3.75. The number of methoxy groups -OCH3 is 1. The SMILES string of the molecule is COc1ccc2c(c1)C1(C)CCN(C)C(C2)C1N=O. The highest BCUT2D eigenvalue weighted by atomic mass is 16.5. The summed E-state index contributed by atoms with van der Waals surface area (Å²) in [4.78, 5) is 13.7. The first kappa shape index (κ1) is 12.6. The summed E-state index contributed by atoms with van der Waals surface area (Å²) in [6, 6.07) is 6.31. The summed E-state index contributed by atoms with van der Waals surface area (Å²) in [5.41, 5.74) is 2.43. The summed E-state index contributed by atoms with van der Waals surface area (Å²) >= 11 is 0. The van der Waals surface area contributed by atoms with Gasteiger partial charge in [0.2, 0.25) is 0 Å². The number of hydrogen-bond acceptors (Lipinski definition) is 4. The van der Waals surface area contributed by atoms with Crippen LogP contribution in [0.1, 0.15) is 24.5 Å². The first-order valence-corrected chi connectivity index (χ1v) is 6.80. The van der Waals surface area contributed by atoms with E-state index in [1.54, 1.807) is 7.11 Å². The number of rotatable bonds is 2. The van der Waals surface area contributed by atoms with E-state index in [0.717, 1.165) is 25.1 Å². The average molecular weight is 260 g/mol. The van der Waals surface area contributed by atoms with Gasteiger partial charge in [0, 0.05) is 11.5 Å². The zero-order chi connectivity index (χ0) is 13.6. The van der Waals surface area contributed by atoms with E-state index >= 15 is 0 Å². The van der Waals surface area contributed by atoms with Crippen LogP contribution in [0.15, 0.2) is 23.4 Å². The van der Waals surface area contributed by atoms with Crippen LogP contribution in [0.3, 0.4) is 0 Å². The Morgan fingerprint density at radius 1 is 1.47 bits per heavy atom. The Morgan fingerprint density at radius 3 is 2.95 bits per heavy atom. The van der Waals surface area contributed by atoms with Crippen LogP contribution in [0.25, 0.3) is 0 Å². The molecule has 3 atom stereocenters. The molecule has 19 heavy (non-hydrogen) atoms. The van der Waals surface area contributed by atoms with Crippen LogP contribution < -0.4 is 4.74 Å². The lowest BCUT2D eigenvalue weighted by molar-refractivity contribution is 0.0865. The van der Waals surface area contributed by atoms with Gasteiger partial charge in [-0.15, -0.1) is 0 Å². The van der Waals surface area contributed by atoms with Crippen molar-refractivity contribution in [3.05, 3.63) is 34.2 Å². The van der Waals surface area contributed by atoms with Crippen molar-refractivity contribution in [2.24, 2.45) is 5.18 Å². The van der Waals surface area contributed by atoms with Gasteiger partial charge in [0.1, 0.15) is 11.8 Å². The summed E-state index contributed by atoms with van der Waals surface area (Å²) in [7, 11) is 3.77. The smallest absolute Gasteiger partial charge is 0.119 e. The van der Waals surface area contributed by atoms with E-state index in [-0.39, 0.29) is 17.5 Å². The lowest BCUT2D eigenvalue weighted by atomic mass is 9.62. The second-order valence-electron chi connectivity index (χ2n) is 5.99. The third-order valence-corrected chi connectivity index (χ3v) is 5.04. The quantitative estimate of drug-likeness (QED) is 0.766. The van der Waals surface area contributed by atoms with Gasteiger partial charge < -0.3 is 9.64 Å². The number of benzene rings is 1. The zero-order valence-corrected chi connectivity index (χ0v) is 11.7. The fourth-order valence-corrected chi connectivity index (χ4v) is 3.75. The predicted octanol–water partition coefficient (Wildman–Crippen LogP) is 2.35. The standard InChI is InChI=1S/C15H20N2O2/c1-15-6-7-17(2)13(14(15)16-18)8-10-4-5-11(19-3)9-12(10)15/h4-5,9,13-14H,6-8H2,1-3H3. The molecule has 2 aliphatic rings. The Morgan fingerprint density at radius 2 is 2.26 bits per heavy atom. The second-order valence-corrected chi connectivity index (χ2v) is 5.99. The molecule has 1 aromatic rings. The first-order chi connectivity index (χ1) is 9.10. The molecule has 3 rings (SSSR count). The molecule has 0 saturated carbocycles. The maximum atomic E-state index is 11.4. The molecule has 0 amide bonds. The van der Waals surface area contributed by atoms with E-state index < -0.39 is 0 Å². The lowest BCUT2D eigenvalue weighted by Crippen LogP contribution is -2.60. The Kier molecular flexibility index (Phi) is 2.86. The highest BCUT2D eigenvalue weighted by Gasteiger charge is 2.51. The molecule has 0 radical (unpaired) electrons. The van der Waals surface area contributed by atoms with Crippen LogP contribution >= 0.6 is 0 Å². The molecule has 0 N–H and O–H groups in total. The minimum atomic E-state index is -0.161. The topological polar surface area (TPSA) is 41.9 Å². The Balaban J connectivity index is 2.15. The van der Waals surface area contributed by atoms with Gasteiger partial charge in [-0.25, -0.2) is 0 Å². The summed E-state index contributed by atoms with van der Waals surface area (Å²) in [5.74, 6) is 0.863. The number of nitroso groups, excluding NO2 is 1. The molecule has 102 valence electrons. The van der Waals surface area contributed by atoms with Crippen molar-refractivity contribution in [3.63, 3.8) is 0 Å². The summed E-state index contributed by atoms with van der Waals surface area (Å²) in [6.45, 7) is 3.19. The molecule has 1 fully saturated rings. The van der Waals surface area contributed by atoms with Crippen molar-refractivity contribution in [2.45, 2.75) is 37.3 Å². The number of likely N-dealkylation sites (tertiary alicyclic amines) is 1. The monoisotopic (exact) mass is 260 g/mol. The maximum absolute atomic E-state index is 11.4. The number of piperidine rings is 1. The van der Waals surface area contributed by atoms with Crippen LogP contribution in [0.4, 0.5) is 0 Å². The van der Waals surface area contributed by atoms with E-state index in [4.69, 9.17) is 4.74 Å². The molecule has 0 spiro atoms. The molecule has 1 heterocycles. The van der Waals surface area contributed by atoms with Crippen LogP contribution in [-0.2, 0) is 11.8 Å². The molecule has 1 aliphatic heterocycles. The van der Waals surface area contributed by atoms with Gasteiger partial charge in [0.25, 0.3) is 0 Å². The maximum Gasteiger partial charge on any atom is 0.119 e. The van der Waals surface area contributed by atoms with Crippen LogP contribution in [0, 0.1) is 4.91 Å². The number of fused-ring (bicyclic) bond motifs is 4. The molecule has 3 unspecified atom stereocenters. The largest absolute Gasteiger partial charge is 0.497 e. The van der Waals surface area contributed by atoms with Crippen molar-refractivity contribution >= 4 is 0 Å². The van der Waals surface area contributed by atoms with Gasteiger partial charge >= 0.3 is 0 Å². The van der Waals surface area contributed by atoms with E-state index in [1.807, 2.05) is 6.07 Å². The normalized spacial score (nSPS) is 33.6. The van der Waals surface area contributed by atoms with Crippen molar-refractivity contribution in [1.82, 2.24) is 4.90 Å². The molecule has 4 nitrogen and oxygen atoms in total.